The van der Waals surface area contributed by atoms with Crippen LogP contribution < -0.4 is 0 Å². The van der Waals surface area contributed by atoms with Gasteiger partial charge in [-0.1, -0.05) is 29.8 Å². The molecule has 110 valence electrons. The Morgan fingerprint density at radius 3 is 2.80 bits per heavy atom. The summed E-state index contributed by atoms with van der Waals surface area (Å²) in [6.45, 7) is 3.73. The Hall–Kier alpha value is -1.39. The second kappa shape index (κ2) is 5.94. The van der Waals surface area contributed by atoms with Crippen LogP contribution in [0.15, 0.2) is 24.3 Å². The molecule has 1 unspecified atom stereocenters. The van der Waals surface area contributed by atoms with E-state index in [0.717, 1.165) is 18.5 Å². The predicted octanol–water partition coefficient (Wildman–Crippen LogP) is 1.41. The quantitative estimate of drug-likeness (QED) is 0.904. The van der Waals surface area contributed by atoms with Crippen LogP contribution in [-0.2, 0) is 11.3 Å². The SMILES string of the molecule is Cc1cccc(CN2CCCC(O)(CN(C)C)C2=O)c1. The van der Waals surface area contributed by atoms with Crippen LogP contribution in [0.4, 0.5) is 0 Å². The van der Waals surface area contributed by atoms with Gasteiger partial charge in [-0.25, -0.2) is 0 Å². The van der Waals surface area contributed by atoms with Crippen LogP contribution >= 0.6 is 0 Å². The smallest absolute Gasteiger partial charge is 0.256 e. The van der Waals surface area contributed by atoms with Gasteiger partial charge in [-0.05, 0) is 39.4 Å². The third-order valence-electron chi connectivity index (χ3n) is 3.74. The monoisotopic (exact) mass is 276 g/mol. The number of likely N-dealkylation sites (N-methyl/N-ethyl adjacent to an activating group) is 1. The van der Waals surface area contributed by atoms with Crippen LogP contribution in [0.5, 0.6) is 0 Å². The minimum Gasteiger partial charge on any atom is -0.379 e. The molecule has 1 aromatic carbocycles. The topological polar surface area (TPSA) is 43.8 Å². The molecule has 4 heteroatoms. The summed E-state index contributed by atoms with van der Waals surface area (Å²) in [7, 11) is 3.76. The minimum absolute atomic E-state index is 0.140. The van der Waals surface area contributed by atoms with E-state index in [2.05, 4.69) is 6.07 Å². The molecular formula is C16H24N2O2. The van der Waals surface area contributed by atoms with E-state index in [-0.39, 0.29) is 5.91 Å². The second-order valence-corrected chi connectivity index (χ2v) is 6.09. The van der Waals surface area contributed by atoms with Gasteiger partial charge in [0.15, 0.2) is 5.60 Å². The fraction of sp³-hybridized carbons (Fsp3) is 0.562. The molecule has 1 fully saturated rings. The highest BCUT2D eigenvalue weighted by Crippen LogP contribution is 2.25. The molecule has 0 aliphatic carbocycles. The Bertz CT molecular complexity index is 487. The van der Waals surface area contributed by atoms with Crippen molar-refractivity contribution < 1.29 is 9.90 Å². The first-order valence-corrected chi connectivity index (χ1v) is 7.13. The van der Waals surface area contributed by atoms with Gasteiger partial charge in [-0.15, -0.1) is 0 Å². The first-order valence-electron chi connectivity index (χ1n) is 7.13. The van der Waals surface area contributed by atoms with E-state index in [0.29, 0.717) is 19.5 Å². The summed E-state index contributed by atoms with van der Waals surface area (Å²) >= 11 is 0. The Morgan fingerprint density at radius 2 is 2.15 bits per heavy atom. The number of amides is 1. The summed E-state index contributed by atoms with van der Waals surface area (Å²) in [6.07, 6.45) is 1.40. The fourth-order valence-electron chi connectivity index (χ4n) is 2.92. The van der Waals surface area contributed by atoms with Crippen LogP contribution in [-0.4, -0.2) is 53.6 Å². The molecule has 0 bridgehead atoms. The summed E-state index contributed by atoms with van der Waals surface area (Å²) in [5.74, 6) is -0.140. The minimum atomic E-state index is -1.23. The molecule has 4 nitrogen and oxygen atoms in total. The number of aliphatic hydroxyl groups is 1. The largest absolute Gasteiger partial charge is 0.379 e. The maximum Gasteiger partial charge on any atom is 0.256 e. The van der Waals surface area contributed by atoms with Crippen molar-refractivity contribution in [3.05, 3.63) is 35.4 Å². The predicted molar refractivity (Wildman–Crippen MR) is 79.3 cm³/mol. The molecule has 1 saturated heterocycles. The number of rotatable bonds is 4. The summed E-state index contributed by atoms with van der Waals surface area (Å²) in [6, 6.07) is 8.17. The van der Waals surface area contributed by atoms with Crippen molar-refractivity contribution in [2.24, 2.45) is 0 Å². The first kappa shape index (κ1) is 15.0. The molecule has 0 radical (unpaired) electrons. The lowest BCUT2D eigenvalue weighted by Gasteiger charge is -2.39. The zero-order valence-corrected chi connectivity index (χ0v) is 12.6. The van der Waals surface area contributed by atoms with E-state index < -0.39 is 5.60 Å². The van der Waals surface area contributed by atoms with E-state index in [4.69, 9.17) is 0 Å². The van der Waals surface area contributed by atoms with E-state index >= 15 is 0 Å². The lowest BCUT2D eigenvalue weighted by Crippen LogP contribution is -2.57. The average molecular weight is 276 g/mol. The molecule has 20 heavy (non-hydrogen) atoms. The number of benzene rings is 1. The van der Waals surface area contributed by atoms with Gasteiger partial charge in [0.1, 0.15) is 0 Å². The maximum absolute atomic E-state index is 12.5. The lowest BCUT2D eigenvalue weighted by molar-refractivity contribution is -0.159. The van der Waals surface area contributed by atoms with Crippen molar-refractivity contribution in [2.75, 3.05) is 27.2 Å². The molecule has 0 aromatic heterocycles. The zero-order chi connectivity index (χ0) is 14.8. The molecule has 1 atom stereocenters. The average Bonchev–Trinajstić information content (AvgIpc) is 2.34. The molecule has 2 rings (SSSR count). The molecule has 0 spiro atoms. The van der Waals surface area contributed by atoms with Crippen LogP contribution in [0, 0.1) is 6.92 Å². The zero-order valence-electron chi connectivity index (χ0n) is 12.6. The first-order chi connectivity index (χ1) is 9.40. The number of likely N-dealkylation sites (tertiary alicyclic amines) is 1. The number of nitrogens with zero attached hydrogens (tertiary/aromatic N) is 2. The van der Waals surface area contributed by atoms with Crippen molar-refractivity contribution in [1.82, 2.24) is 9.80 Å². The number of hydrogen-bond donors (Lipinski definition) is 1. The van der Waals surface area contributed by atoms with Crippen molar-refractivity contribution >= 4 is 5.91 Å². The number of carbonyl (C=O) groups excluding carboxylic acids is 1. The van der Waals surface area contributed by atoms with Gasteiger partial charge in [0.2, 0.25) is 0 Å². The van der Waals surface area contributed by atoms with Crippen LogP contribution in [0.2, 0.25) is 0 Å². The molecule has 0 saturated carbocycles. The van der Waals surface area contributed by atoms with Crippen molar-refractivity contribution in [2.45, 2.75) is 31.9 Å². The maximum atomic E-state index is 12.5. The Labute approximate surface area is 121 Å². The molecule has 1 heterocycles. The summed E-state index contributed by atoms with van der Waals surface area (Å²) in [5, 5.41) is 10.6. The Balaban J connectivity index is 2.10. The summed E-state index contributed by atoms with van der Waals surface area (Å²) in [5.41, 5.74) is 1.08. The standard InChI is InChI=1S/C16H24N2O2/c1-13-6-4-7-14(10-13)11-18-9-5-8-16(20,15(18)19)12-17(2)3/h4,6-7,10,20H,5,8-9,11-12H2,1-3H3. The second-order valence-electron chi connectivity index (χ2n) is 6.09. The van der Waals surface area contributed by atoms with Gasteiger partial charge in [-0.2, -0.15) is 0 Å². The lowest BCUT2D eigenvalue weighted by atomic mass is 9.91. The van der Waals surface area contributed by atoms with E-state index in [1.54, 1.807) is 4.90 Å². The van der Waals surface area contributed by atoms with Crippen molar-refractivity contribution in [1.29, 1.82) is 0 Å². The third-order valence-corrected chi connectivity index (χ3v) is 3.74. The highest BCUT2D eigenvalue weighted by molar-refractivity contribution is 5.86. The number of piperidine rings is 1. The van der Waals surface area contributed by atoms with Crippen LogP contribution in [0.1, 0.15) is 24.0 Å². The van der Waals surface area contributed by atoms with Gasteiger partial charge < -0.3 is 14.9 Å². The Kier molecular flexibility index (Phi) is 4.45. The van der Waals surface area contributed by atoms with Crippen LogP contribution in [0.3, 0.4) is 0 Å². The normalized spacial score (nSPS) is 23.4. The summed E-state index contributed by atoms with van der Waals surface area (Å²) < 4.78 is 0. The molecule has 1 N–H and O–H groups in total. The fourth-order valence-corrected chi connectivity index (χ4v) is 2.92. The van der Waals surface area contributed by atoms with Crippen molar-refractivity contribution in [3.63, 3.8) is 0 Å². The van der Waals surface area contributed by atoms with E-state index in [1.807, 2.05) is 44.1 Å². The highest BCUT2D eigenvalue weighted by Gasteiger charge is 2.42. The third kappa shape index (κ3) is 3.38. The molecule has 1 aromatic rings. The van der Waals surface area contributed by atoms with Crippen molar-refractivity contribution in [3.8, 4) is 0 Å². The van der Waals surface area contributed by atoms with Gasteiger partial charge >= 0.3 is 0 Å². The van der Waals surface area contributed by atoms with E-state index in [1.165, 1.54) is 5.56 Å². The van der Waals surface area contributed by atoms with Gasteiger partial charge in [0.25, 0.3) is 5.91 Å². The number of carbonyl (C=O) groups is 1. The highest BCUT2D eigenvalue weighted by atomic mass is 16.3. The summed E-state index contributed by atoms with van der Waals surface area (Å²) in [4.78, 5) is 16.2. The number of hydrogen-bond acceptors (Lipinski definition) is 3. The van der Waals surface area contributed by atoms with Gasteiger partial charge in [-0.3, -0.25) is 4.79 Å². The van der Waals surface area contributed by atoms with E-state index in [9.17, 15) is 9.90 Å². The number of aryl methyl sites for hydroxylation is 1. The Morgan fingerprint density at radius 1 is 1.40 bits per heavy atom. The van der Waals surface area contributed by atoms with Gasteiger partial charge in [0.05, 0.1) is 0 Å². The van der Waals surface area contributed by atoms with Crippen LogP contribution in [0.25, 0.3) is 0 Å². The molecule has 1 amide bonds. The molecule has 1 aliphatic rings. The molecular weight excluding hydrogens is 252 g/mol. The molecule has 1 aliphatic heterocycles. The van der Waals surface area contributed by atoms with Gasteiger partial charge in [0, 0.05) is 19.6 Å².